The number of H-pyrrole nitrogens is 1. The molecule has 0 fully saturated rings. The van der Waals surface area contributed by atoms with Crippen molar-refractivity contribution in [1.29, 1.82) is 0 Å². The minimum absolute atomic E-state index is 0. The van der Waals surface area contributed by atoms with E-state index in [-0.39, 0.29) is 18.4 Å². The Balaban J connectivity index is 0.00000169. The Bertz CT molecular complexity index is 310. The predicted molar refractivity (Wildman–Crippen MR) is 55.9 cm³/mol. The minimum Gasteiger partial charge on any atom is -0.462 e. The smallest absolute Gasteiger partial charge is 0.341 e. The van der Waals surface area contributed by atoms with Gasteiger partial charge in [0.2, 0.25) is 0 Å². The zero-order chi connectivity index (χ0) is 9.84. The molecule has 1 N–H and O–H groups in total. The molecule has 4 nitrogen and oxygen atoms in total. The molecule has 5 heteroatoms. The number of aryl methyl sites for hydroxylation is 2. The van der Waals surface area contributed by atoms with Gasteiger partial charge in [0.05, 0.1) is 12.3 Å². The SMILES string of the molecule is CCOC(=O)c1c(CC)n[nH]c1C.Cl. The summed E-state index contributed by atoms with van der Waals surface area (Å²) in [6, 6.07) is 0. The van der Waals surface area contributed by atoms with E-state index in [1.807, 2.05) is 13.8 Å². The van der Waals surface area contributed by atoms with Gasteiger partial charge >= 0.3 is 5.97 Å². The fourth-order valence-corrected chi connectivity index (χ4v) is 1.21. The fourth-order valence-electron chi connectivity index (χ4n) is 1.21. The topological polar surface area (TPSA) is 55.0 Å². The van der Waals surface area contributed by atoms with Crippen molar-refractivity contribution in [2.45, 2.75) is 27.2 Å². The summed E-state index contributed by atoms with van der Waals surface area (Å²) in [5.74, 6) is -0.286. The maximum absolute atomic E-state index is 11.4. The molecule has 1 heterocycles. The van der Waals surface area contributed by atoms with Crippen LogP contribution in [-0.4, -0.2) is 22.8 Å². The van der Waals surface area contributed by atoms with Crippen LogP contribution in [0.1, 0.15) is 35.6 Å². The van der Waals surface area contributed by atoms with E-state index >= 15 is 0 Å². The molecule has 80 valence electrons. The number of hydrogen-bond acceptors (Lipinski definition) is 3. The van der Waals surface area contributed by atoms with Gasteiger partial charge in [0.25, 0.3) is 0 Å². The number of aromatic nitrogens is 2. The molecule has 14 heavy (non-hydrogen) atoms. The van der Waals surface area contributed by atoms with Crippen LogP contribution in [0, 0.1) is 6.92 Å². The molecule has 0 aliphatic rings. The average molecular weight is 219 g/mol. The molecule has 0 unspecified atom stereocenters. The van der Waals surface area contributed by atoms with E-state index in [4.69, 9.17) is 4.74 Å². The number of rotatable bonds is 3. The van der Waals surface area contributed by atoms with Crippen molar-refractivity contribution >= 4 is 18.4 Å². The van der Waals surface area contributed by atoms with E-state index in [1.165, 1.54) is 0 Å². The zero-order valence-electron chi connectivity index (χ0n) is 8.59. The molecule has 1 rings (SSSR count). The van der Waals surface area contributed by atoms with Crippen LogP contribution in [0.2, 0.25) is 0 Å². The van der Waals surface area contributed by atoms with Crippen LogP contribution in [0.4, 0.5) is 0 Å². The Kier molecular flexibility index (Phi) is 5.23. The highest BCUT2D eigenvalue weighted by Crippen LogP contribution is 2.12. The van der Waals surface area contributed by atoms with Gasteiger partial charge in [-0.2, -0.15) is 5.10 Å². The molecular formula is C9H15ClN2O2. The molecule has 1 aromatic rings. The van der Waals surface area contributed by atoms with Crippen LogP contribution in [0.25, 0.3) is 0 Å². The van der Waals surface area contributed by atoms with Crippen LogP contribution >= 0.6 is 12.4 Å². The summed E-state index contributed by atoms with van der Waals surface area (Å²) < 4.78 is 4.91. The normalized spacial score (nSPS) is 9.36. The molecule has 0 spiro atoms. The standard InChI is InChI=1S/C9H14N2O2.ClH/c1-4-7-8(6(3)10-11-7)9(12)13-5-2;/h4-5H2,1-3H3,(H,10,11);1H. The number of esters is 1. The predicted octanol–water partition coefficient (Wildman–Crippen LogP) is 1.88. The lowest BCUT2D eigenvalue weighted by Gasteiger charge is -2.01. The van der Waals surface area contributed by atoms with Gasteiger partial charge in [-0.25, -0.2) is 4.79 Å². The number of carbonyl (C=O) groups is 1. The third kappa shape index (κ3) is 2.48. The minimum atomic E-state index is -0.286. The lowest BCUT2D eigenvalue weighted by molar-refractivity contribution is 0.0524. The van der Waals surface area contributed by atoms with Crippen molar-refractivity contribution in [3.63, 3.8) is 0 Å². The van der Waals surface area contributed by atoms with Crippen LogP contribution < -0.4 is 0 Å². The maximum Gasteiger partial charge on any atom is 0.341 e. The first kappa shape index (κ1) is 13.0. The first-order chi connectivity index (χ1) is 6.20. The molecule has 1 aromatic heterocycles. The second kappa shape index (κ2) is 5.65. The summed E-state index contributed by atoms with van der Waals surface area (Å²) in [5.41, 5.74) is 2.13. The molecule has 0 bridgehead atoms. The van der Waals surface area contributed by atoms with E-state index in [2.05, 4.69) is 10.2 Å². The molecule has 0 aliphatic heterocycles. The lowest BCUT2D eigenvalue weighted by atomic mass is 10.1. The molecule has 0 radical (unpaired) electrons. The summed E-state index contributed by atoms with van der Waals surface area (Å²) in [4.78, 5) is 11.4. The van der Waals surface area contributed by atoms with Gasteiger partial charge in [0.15, 0.2) is 0 Å². The molecule has 0 saturated carbocycles. The molecular weight excluding hydrogens is 204 g/mol. The van der Waals surface area contributed by atoms with Gasteiger partial charge < -0.3 is 4.74 Å². The zero-order valence-corrected chi connectivity index (χ0v) is 9.40. The Labute approximate surface area is 89.4 Å². The number of ether oxygens (including phenoxy) is 1. The third-order valence-electron chi connectivity index (χ3n) is 1.84. The van der Waals surface area contributed by atoms with Crippen molar-refractivity contribution in [1.82, 2.24) is 10.2 Å². The highest BCUT2D eigenvalue weighted by Gasteiger charge is 2.17. The molecule has 0 aliphatic carbocycles. The van der Waals surface area contributed by atoms with E-state index in [9.17, 15) is 4.79 Å². The number of nitrogens with zero attached hydrogens (tertiary/aromatic N) is 1. The third-order valence-corrected chi connectivity index (χ3v) is 1.84. The van der Waals surface area contributed by atoms with Crippen molar-refractivity contribution in [3.8, 4) is 0 Å². The van der Waals surface area contributed by atoms with Crippen LogP contribution in [-0.2, 0) is 11.2 Å². The average Bonchev–Trinajstić information content (AvgIpc) is 2.47. The summed E-state index contributed by atoms with van der Waals surface area (Å²) in [6.45, 7) is 5.96. The van der Waals surface area contributed by atoms with Crippen molar-refractivity contribution in [3.05, 3.63) is 17.0 Å². The Morgan fingerprint density at radius 2 is 2.14 bits per heavy atom. The second-order valence-electron chi connectivity index (χ2n) is 2.74. The second-order valence-corrected chi connectivity index (χ2v) is 2.74. The fraction of sp³-hybridized carbons (Fsp3) is 0.556. The lowest BCUT2D eigenvalue weighted by Crippen LogP contribution is -2.07. The first-order valence-electron chi connectivity index (χ1n) is 4.41. The van der Waals surface area contributed by atoms with Gasteiger partial charge in [0, 0.05) is 5.69 Å². The van der Waals surface area contributed by atoms with Gasteiger partial charge in [-0.3, -0.25) is 5.10 Å². The van der Waals surface area contributed by atoms with Crippen molar-refractivity contribution in [2.75, 3.05) is 6.61 Å². The highest BCUT2D eigenvalue weighted by molar-refractivity contribution is 5.91. The van der Waals surface area contributed by atoms with E-state index < -0.39 is 0 Å². The quantitative estimate of drug-likeness (QED) is 0.789. The number of halogens is 1. The number of carbonyl (C=O) groups excluding carboxylic acids is 1. The van der Waals surface area contributed by atoms with E-state index in [0.717, 1.165) is 17.8 Å². The van der Waals surface area contributed by atoms with E-state index in [1.54, 1.807) is 6.92 Å². The summed E-state index contributed by atoms with van der Waals surface area (Å²) in [5, 5.41) is 6.79. The van der Waals surface area contributed by atoms with Crippen LogP contribution in [0.3, 0.4) is 0 Å². The van der Waals surface area contributed by atoms with Gasteiger partial charge in [-0.1, -0.05) is 6.92 Å². The summed E-state index contributed by atoms with van der Waals surface area (Å²) in [6.07, 6.45) is 0.735. The van der Waals surface area contributed by atoms with Crippen molar-refractivity contribution < 1.29 is 9.53 Å². The number of hydrogen-bond donors (Lipinski definition) is 1. The van der Waals surface area contributed by atoms with Gasteiger partial charge in [0.1, 0.15) is 5.56 Å². The van der Waals surface area contributed by atoms with Crippen LogP contribution in [0.15, 0.2) is 0 Å². The Morgan fingerprint density at radius 3 is 2.64 bits per heavy atom. The van der Waals surface area contributed by atoms with Crippen molar-refractivity contribution in [2.24, 2.45) is 0 Å². The number of nitrogens with one attached hydrogen (secondary N) is 1. The highest BCUT2D eigenvalue weighted by atomic mass is 35.5. The summed E-state index contributed by atoms with van der Waals surface area (Å²) in [7, 11) is 0. The van der Waals surface area contributed by atoms with Gasteiger partial charge in [-0.15, -0.1) is 12.4 Å². The molecule has 0 aromatic carbocycles. The Morgan fingerprint density at radius 1 is 1.50 bits per heavy atom. The maximum atomic E-state index is 11.4. The largest absolute Gasteiger partial charge is 0.462 e. The summed E-state index contributed by atoms with van der Waals surface area (Å²) >= 11 is 0. The molecule has 0 atom stereocenters. The van der Waals surface area contributed by atoms with E-state index in [0.29, 0.717) is 12.2 Å². The Hall–Kier alpha value is -1.03. The molecule has 0 amide bonds. The molecule has 0 saturated heterocycles. The van der Waals surface area contributed by atoms with Gasteiger partial charge in [-0.05, 0) is 20.3 Å². The first-order valence-corrected chi connectivity index (χ1v) is 4.41. The monoisotopic (exact) mass is 218 g/mol. The number of aromatic amines is 1. The van der Waals surface area contributed by atoms with Crippen LogP contribution in [0.5, 0.6) is 0 Å².